The van der Waals surface area contributed by atoms with Crippen LogP contribution in [0, 0.1) is 5.92 Å². The minimum Gasteiger partial charge on any atom is -0.396 e. The Morgan fingerprint density at radius 3 is 2.40 bits per heavy atom. The molecule has 2 atom stereocenters. The van der Waals surface area contributed by atoms with Crippen LogP contribution in [0.4, 0.5) is 0 Å². The first kappa shape index (κ1) is 12.7. The van der Waals surface area contributed by atoms with Gasteiger partial charge in [0.15, 0.2) is 0 Å². The van der Waals surface area contributed by atoms with Gasteiger partial charge < -0.3 is 10.4 Å². The van der Waals surface area contributed by atoms with Gasteiger partial charge in [-0.2, -0.15) is 0 Å². The van der Waals surface area contributed by atoms with E-state index in [9.17, 15) is 0 Å². The fourth-order valence-corrected chi connectivity index (χ4v) is 2.34. The SMILES string of the molecule is CCCC(CCC)N[C@@H]1C=C[C@H](CO)C1. The molecule has 1 rings (SSSR count). The molecule has 0 radical (unpaired) electrons. The molecule has 0 bridgehead atoms. The molecule has 2 nitrogen and oxygen atoms in total. The maximum absolute atomic E-state index is 9.05. The summed E-state index contributed by atoms with van der Waals surface area (Å²) in [6.07, 6.45) is 10.5. The van der Waals surface area contributed by atoms with Gasteiger partial charge in [-0.15, -0.1) is 0 Å². The van der Waals surface area contributed by atoms with E-state index in [4.69, 9.17) is 5.11 Å². The summed E-state index contributed by atoms with van der Waals surface area (Å²) in [7, 11) is 0. The second-order valence-electron chi connectivity index (χ2n) is 4.61. The molecule has 0 heterocycles. The van der Waals surface area contributed by atoms with Gasteiger partial charge in [-0.3, -0.25) is 0 Å². The highest BCUT2D eigenvalue weighted by atomic mass is 16.3. The van der Waals surface area contributed by atoms with Crippen molar-refractivity contribution in [1.29, 1.82) is 0 Å². The molecule has 0 saturated heterocycles. The number of aliphatic hydroxyl groups excluding tert-OH is 1. The van der Waals surface area contributed by atoms with Crippen LogP contribution in [0.3, 0.4) is 0 Å². The fourth-order valence-electron chi connectivity index (χ4n) is 2.34. The highest BCUT2D eigenvalue weighted by molar-refractivity contribution is 5.06. The summed E-state index contributed by atoms with van der Waals surface area (Å²) >= 11 is 0. The number of rotatable bonds is 7. The molecule has 0 fully saturated rings. The predicted octanol–water partition coefficient (Wildman–Crippen LogP) is 2.48. The van der Waals surface area contributed by atoms with Gasteiger partial charge in [0.2, 0.25) is 0 Å². The van der Waals surface area contributed by atoms with Crippen LogP contribution < -0.4 is 5.32 Å². The summed E-state index contributed by atoms with van der Waals surface area (Å²) in [6, 6.07) is 1.15. The molecule has 1 aliphatic carbocycles. The van der Waals surface area contributed by atoms with E-state index in [1.165, 1.54) is 25.7 Å². The van der Waals surface area contributed by atoms with Crippen LogP contribution in [0.1, 0.15) is 46.0 Å². The lowest BCUT2D eigenvalue weighted by Crippen LogP contribution is -2.36. The Hall–Kier alpha value is -0.340. The molecule has 0 aromatic rings. The Balaban J connectivity index is 2.29. The van der Waals surface area contributed by atoms with Gasteiger partial charge in [0.25, 0.3) is 0 Å². The molecule has 2 heteroatoms. The van der Waals surface area contributed by atoms with Crippen molar-refractivity contribution >= 4 is 0 Å². The molecule has 0 saturated carbocycles. The molecule has 0 aromatic heterocycles. The van der Waals surface area contributed by atoms with E-state index in [2.05, 4.69) is 31.3 Å². The second-order valence-corrected chi connectivity index (χ2v) is 4.61. The van der Waals surface area contributed by atoms with Crippen molar-refractivity contribution in [3.8, 4) is 0 Å². The highest BCUT2D eigenvalue weighted by Crippen LogP contribution is 2.18. The lowest BCUT2D eigenvalue weighted by atomic mass is 10.0. The molecule has 88 valence electrons. The first-order chi connectivity index (χ1) is 7.30. The zero-order valence-corrected chi connectivity index (χ0v) is 10.1. The number of aliphatic hydroxyl groups is 1. The van der Waals surface area contributed by atoms with Gasteiger partial charge in [-0.25, -0.2) is 0 Å². The third-order valence-corrected chi connectivity index (χ3v) is 3.13. The Labute approximate surface area is 93.8 Å². The predicted molar refractivity (Wildman–Crippen MR) is 64.9 cm³/mol. The van der Waals surface area contributed by atoms with E-state index >= 15 is 0 Å². The van der Waals surface area contributed by atoms with Crippen molar-refractivity contribution in [2.75, 3.05) is 6.61 Å². The van der Waals surface area contributed by atoms with Gasteiger partial charge in [-0.05, 0) is 19.3 Å². The fraction of sp³-hybridized carbons (Fsp3) is 0.846. The molecule has 0 aromatic carbocycles. The maximum atomic E-state index is 9.05. The normalized spacial score (nSPS) is 25.3. The first-order valence-corrected chi connectivity index (χ1v) is 6.35. The van der Waals surface area contributed by atoms with Crippen LogP contribution in [0.15, 0.2) is 12.2 Å². The molecule has 0 aliphatic heterocycles. The molecule has 0 amide bonds. The van der Waals surface area contributed by atoms with Gasteiger partial charge >= 0.3 is 0 Å². The van der Waals surface area contributed by atoms with Crippen molar-refractivity contribution in [3.63, 3.8) is 0 Å². The minimum atomic E-state index is 0.293. The van der Waals surface area contributed by atoms with Crippen LogP contribution in [0.25, 0.3) is 0 Å². The molecule has 1 aliphatic rings. The highest BCUT2D eigenvalue weighted by Gasteiger charge is 2.20. The average Bonchev–Trinajstić information content (AvgIpc) is 2.66. The minimum absolute atomic E-state index is 0.293. The second kappa shape index (κ2) is 7.02. The van der Waals surface area contributed by atoms with Crippen molar-refractivity contribution < 1.29 is 5.11 Å². The van der Waals surface area contributed by atoms with E-state index in [0.29, 0.717) is 24.6 Å². The summed E-state index contributed by atoms with van der Waals surface area (Å²) < 4.78 is 0. The molecular formula is C13H25NO. The maximum Gasteiger partial charge on any atom is 0.0494 e. The van der Waals surface area contributed by atoms with E-state index in [-0.39, 0.29) is 0 Å². The summed E-state index contributed by atoms with van der Waals surface area (Å²) in [5.41, 5.74) is 0. The summed E-state index contributed by atoms with van der Waals surface area (Å²) in [5.74, 6) is 0.381. The summed E-state index contributed by atoms with van der Waals surface area (Å²) in [5, 5.41) is 12.7. The topological polar surface area (TPSA) is 32.3 Å². The standard InChI is InChI=1S/C13H25NO/c1-3-5-12(6-4-2)14-13-8-7-11(9-13)10-15/h7-8,11-15H,3-6,9-10H2,1-2H3/t11-,13+/m0/s1. The summed E-state index contributed by atoms with van der Waals surface area (Å²) in [6.45, 7) is 4.78. The van der Waals surface area contributed by atoms with E-state index < -0.39 is 0 Å². The van der Waals surface area contributed by atoms with Crippen molar-refractivity contribution in [2.45, 2.75) is 58.0 Å². The van der Waals surface area contributed by atoms with Crippen LogP contribution >= 0.6 is 0 Å². The smallest absolute Gasteiger partial charge is 0.0494 e. The third-order valence-electron chi connectivity index (χ3n) is 3.13. The lowest BCUT2D eigenvalue weighted by Gasteiger charge is -2.22. The van der Waals surface area contributed by atoms with Crippen molar-refractivity contribution in [2.24, 2.45) is 5.92 Å². The van der Waals surface area contributed by atoms with E-state index in [1.54, 1.807) is 0 Å². The molecule has 0 unspecified atom stereocenters. The molecular weight excluding hydrogens is 186 g/mol. The molecule has 15 heavy (non-hydrogen) atoms. The zero-order chi connectivity index (χ0) is 11.1. The Morgan fingerprint density at radius 1 is 1.27 bits per heavy atom. The zero-order valence-electron chi connectivity index (χ0n) is 10.1. The van der Waals surface area contributed by atoms with Gasteiger partial charge in [0, 0.05) is 24.6 Å². The van der Waals surface area contributed by atoms with Crippen molar-refractivity contribution in [3.05, 3.63) is 12.2 Å². The molecule has 2 N–H and O–H groups in total. The number of hydrogen-bond acceptors (Lipinski definition) is 2. The van der Waals surface area contributed by atoms with E-state index in [0.717, 1.165) is 6.42 Å². The molecule has 0 spiro atoms. The van der Waals surface area contributed by atoms with Crippen molar-refractivity contribution in [1.82, 2.24) is 5.32 Å². The third kappa shape index (κ3) is 4.35. The van der Waals surface area contributed by atoms with Gasteiger partial charge in [0.1, 0.15) is 0 Å². The average molecular weight is 211 g/mol. The largest absolute Gasteiger partial charge is 0.396 e. The Bertz CT molecular complexity index is 185. The Kier molecular flexibility index (Phi) is 5.96. The van der Waals surface area contributed by atoms with Crippen LogP contribution in [-0.4, -0.2) is 23.8 Å². The quantitative estimate of drug-likeness (QED) is 0.634. The summed E-state index contributed by atoms with van der Waals surface area (Å²) in [4.78, 5) is 0. The van der Waals surface area contributed by atoms with E-state index in [1.807, 2.05) is 0 Å². The Morgan fingerprint density at radius 2 is 1.93 bits per heavy atom. The lowest BCUT2D eigenvalue weighted by molar-refractivity contribution is 0.243. The number of hydrogen-bond donors (Lipinski definition) is 2. The monoisotopic (exact) mass is 211 g/mol. The van der Waals surface area contributed by atoms with Gasteiger partial charge in [-0.1, -0.05) is 38.8 Å². The first-order valence-electron chi connectivity index (χ1n) is 6.35. The van der Waals surface area contributed by atoms with Crippen LogP contribution in [0.2, 0.25) is 0 Å². The van der Waals surface area contributed by atoms with Crippen LogP contribution in [0.5, 0.6) is 0 Å². The van der Waals surface area contributed by atoms with Crippen LogP contribution in [-0.2, 0) is 0 Å². The number of nitrogens with one attached hydrogen (secondary N) is 1. The van der Waals surface area contributed by atoms with Gasteiger partial charge in [0.05, 0.1) is 0 Å².